The molecule has 0 radical (unpaired) electrons. The van der Waals surface area contributed by atoms with Gasteiger partial charge in [0.15, 0.2) is 0 Å². The Labute approximate surface area is 175 Å². The van der Waals surface area contributed by atoms with Gasteiger partial charge in [0.25, 0.3) is 0 Å². The van der Waals surface area contributed by atoms with Gasteiger partial charge in [-0.15, -0.1) is 0 Å². The summed E-state index contributed by atoms with van der Waals surface area (Å²) in [5.74, 6) is 1.67. The Kier molecular flexibility index (Phi) is 6.01. The van der Waals surface area contributed by atoms with Crippen LogP contribution in [0.25, 0.3) is 0 Å². The third kappa shape index (κ3) is 4.89. The summed E-state index contributed by atoms with van der Waals surface area (Å²) in [5, 5.41) is 3.51. The zero-order valence-electron chi connectivity index (χ0n) is 16.5. The van der Waals surface area contributed by atoms with E-state index in [0.29, 0.717) is 37.0 Å². The number of benzene rings is 1. The number of nitrogens with one attached hydrogen (secondary N) is 1. The van der Waals surface area contributed by atoms with Gasteiger partial charge < -0.3 is 24.8 Å². The van der Waals surface area contributed by atoms with Crippen molar-refractivity contribution in [3.63, 3.8) is 0 Å². The van der Waals surface area contributed by atoms with Gasteiger partial charge in [0.05, 0.1) is 13.2 Å². The van der Waals surface area contributed by atoms with Gasteiger partial charge in [0.1, 0.15) is 5.82 Å². The number of urea groups is 1. The first-order valence-electron chi connectivity index (χ1n) is 9.83. The van der Waals surface area contributed by atoms with Gasteiger partial charge in [0.2, 0.25) is 5.95 Å². The second kappa shape index (κ2) is 8.84. The topological polar surface area (TPSA) is 73.8 Å². The highest BCUT2D eigenvalue weighted by Gasteiger charge is 2.23. The second-order valence-electron chi connectivity index (χ2n) is 7.18. The van der Waals surface area contributed by atoms with E-state index in [4.69, 9.17) is 21.3 Å². The summed E-state index contributed by atoms with van der Waals surface area (Å²) in [4.78, 5) is 28.1. The Morgan fingerprint density at radius 2 is 1.79 bits per heavy atom. The SMILES string of the molecule is Cc1cc(N2CCN(C(=O)Nc3cccc(Cl)c3)CC2)nc(N2CCOCC2)n1. The van der Waals surface area contributed by atoms with Crippen LogP contribution >= 0.6 is 11.6 Å². The van der Waals surface area contributed by atoms with Gasteiger partial charge >= 0.3 is 6.03 Å². The van der Waals surface area contributed by atoms with E-state index in [9.17, 15) is 4.79 Å². The number of morpholine rings is 1. The lowest BCUT2D eigenvalue weighted by Gasteiger charge is -2.36. The summed E-state index contributed by atoms with van der Waals surface area (Å²) in [6.07, 6.45) is 0. The molecule has 4 rings (SSSR count). The number of rotatable bonds is 3. The Morgan fingerprint density at radius 1 is 1.03 bits per heavy atom. The molecule has 2 saturated heterocycles. The lowest BCUT2D eigenvalue weighted by Crippen LogP contribution is -2.50. The molecule has 0 unspecified atom stereocenters. The molecule has 0 saturated carbocycles. The van der Waals surface area contributed by atoms with E-state index in [-0.39, 0.29) is 6.03 Å². The Bertz CT molecular complexity index is 866. The second-order valence-corrected chi connectivity index (χ2v) is 7.62. The van der Waals surface area contributed by atoms with Gasteiger partial charge in [-0.05, 0) is 25.1 Å². The van der Waals surface area contributed by atoms with Crippen molar-refractivity contribution in [2.24, 2.45) is 0 Å². The van der Waals surface area contributed by atoms with Gasteiger partial charge in [-0.1, -0.05) is 17.7 Å². The lowest BCUT2D eigenvalue weighted by atomic mass is 10.3. The van der Waals surface area contributed by atoms with Crippen LogP contribution in [-0.2, 0) is 4.74 Å². The summed E-state index contributed by atoms with van der Waals surface area (Å²) in [5.41, 5.74) is 1.64. The third-order valence-corrected chi connectivity index (χ3v) is 5.32. The molecule has 2 aliphatic heterocycles. The van der Waals surface area contributed by atoms with Gasteiger partial charge in [0, 0.05) is 61.7 Å². The molecule has 0 bridgehead atoms. The molecular weight excluding hydrogens is 392 g/mol. The highest BCUT2D eigenvalue weighted by atomic mass is 35.5. The number of amides is 2. The predicted octanol–water partition coefficient (Wildman–Crippen LogP) is 2.63. The average molecular weight is 417 g/mol. The van der Waals surface area contributed by atoms with Crippen LogP contribution in [-0.4, -0.2) is 73.4 Å². The third-order valence-electron chi connectivity index (χ3n) is 5.09. The molecule has 3 heterocycles. The number of aromatic nitrogens is 2. The Balaban J connectivity index is 1.38. The van der Waals surface area contributed by atoms with Gasteiger partial charge in [-0.2, -0.15) is 4.98 Å². The summed E-state index contributed by atoms with van der Waals surface area (Å²) < 4.78 is 5.42. The molecule has 154 valence electrons. The number of hydrogen-bond donors (Lipinski definition) is 1. The van der Waals surface area contributed by atoms with Crippen LogP contribution in [0.4, 0.5) is 22.2 Å². The molecule has 2 fully saturated rings. The Morgan fingerprint density at radius 3 is 2.52 bits per heavy atom. The van der Waals surface area contributed by atoms with Crippen LogP contribution < -0.4 is 15.1 Å². The molecule has 1 aromatic carbocycles. The molecule has 9 heteroatoms. The van der Waals surface area contributed by atoms with Crippen LogP contribution in [0.5, 0.6) is 0 Å². The molecular formula is C20H25ClN6O2. The van der Waals surface area contributed by atoms with Crippen molar-refractivity contribution in [3.8, 4) is 0 Å². The zero-order chi connectivity index (χ0) is 20.2. The number of anilines is 3. The number of piperazine rings is 1. The summed E-state index contributed by atoms with van der Waals surface area (Å²) >= 11 is 5.99. The fraction of sp³-hybridized carbons (Fsp3) is 0.450. The number of aryl methyl sites for hydroxylation is 1. The Hall–Kier alpha value is -2.58. The van der Waals surface area contributed by atoms with Crippen molar-refractivity contribution < 1.29 is 9.53 Å². The smallest absolute Gasteiger partial charge is 0.321 e. The number of carbonyl (C=O) groups is 1. The number of ether oxygens (including phenoxy) is 1. The first kappa shape index (κ1) is 19.7. The lowest BCUT2D eigenvalue weighted by molar-refractivity contribution is 0.122. The van der Waals surface area contributed by atoms with E-state index in [0.717, 1.165) is 43.6 Å². The first-order chi connectivity index (χ1) is 14.1. The summed E-state index contributed by atoms with van der Waals surface area (Å²) in [7, 11) is 0. The van der Waals surface area contributed by atoms with Crippen molar-refractivity contribution in [3.05, 3.63) is 41.0 Å². The minimum Gasteiger partial charge on any atom is -0.378 e. The van der Waals surface area contributed by atoms with Crippen LogP contribution in [0.3, 0.4) is 0 Å². The molecule has 0 atom stereocenters. The van der Waals surface area contributed by atoms with E-state index in [2.05, 4.69) is 20.1 Å². The van der Waals surface area contributed by atoms with E-state index in [1.165, 1.54) is 0 Å². The van der Waals surface area contributed by atoms with Crippen molar-refractivity contribution in [1.82, 2.24) is 14.9 Å². The fourth-order valence-electron chi connectivity index (χ4n) is 3.51. The van der Waals surface area contributed by atoms with E-state index >= 15 is 0 Å². The van der Waals surface area contributed by atoms with Gasteiger partial charge in [-0.3, -0.25) is 0 Å². The van der Waals surface area contributed by atoms with Crippen molar-refractivity contribution in [1.29, 1.82) is 0 Å². The van der Waals surface area contributed by atoms with Crippen LogP contribution in [0.15, 0.2) is 30.3 Å². The predicted molar refractivity (Wildman–Crippen MR) is 114 cm³/mol. The molecule has 1 N–H and O–H groups in total. The average Bonchev–Trinajstić information content (AvgIpc) is 2.74. The highest BCUT2D eigenvalue weighted by molar-refractivity contribution is 6.30. The maximum Gasteiger partial charge on any atom is 0.321 e. The minimum absolute atomic E-state index is 0.111. The molecule has 0 spiro atoms. The van der Waals surface area contributed by atoms with Crippen molar-refractivity contribution >= 4 is 35.1 Å². The number of hydrogen-bond acceptors (Lipinski definition) is 6. The molecule has 2 amide bonds. The van der Waals surface area contributed by atoms with E-state index < -0.39 is 0 Å². The number of nitrogens with zero attached hydrogens (tertiary/aromatic N) is 5. The van der Waals surface area contributed by atoms with Crippen LogP contribution in [0.2, 0.25) is 5.02 Å². The first-order valence-corrected chi connectivity index (χ1v) is 10.2. The normalized spacial score (nSPS) is 17.4. The fourth-order valence-corrected chi connectivity index (χ4v) is 3.70. The number of halogens is 1. The maximum absolute atomic E-state index is 12.5. The minimum atomic E-state index is -0.111. The largest absolute Gasteiger partial charge is 0.378 e. The van der Waals surface area contributed by atoms with E-state index in [1.807, 2.05) is 30.0 Å². The quantitative estimate of drug-likeness (QED) is 0.829. The van der Waals surface area contributed by atoms with Gasteiger partial charge in [-0.25, -0.2) is 9.78 Å². The highest BCUT2D eigenvalue weighted by Crippen LogP contribution is 2.20. The monoisotopic (exact) mass is 416 g/mol. The molecule has 1 aromatic heterocycles. The molecule has 2 aliphatic rings. The van der Waals surface area contributed by atoms with E-state index in [1.54, 1.807) is 12.1 Å². The standard InChI is InChI=1S/C20H25ClN6O2/c1-15-13-18(24-19(22-15)26-9-11-29-12-10-26)25-5-7-27(8-6-25)20(28)23-17-4-2-3-16(21)14-17/h2-4,13-14H,5-12H2,1H3,(H,23,28). The summed E-state index contributed by atoms with van der Waals surface area (Å²) in [6, 6.07) is 9.07. The number of carbonyl (C=O) groups excluding carboxylic acids is 1. The zero-order valence-corrected chi connectivity index (χ0v) is 17.2. The molecule has 29 heavy (non-hydrogen) atoms. The summed E-state index contributed by atoms with van der Waals surface area (Å²) in [6.45, 7) is 7.71. The van der Waals surface area contributed by atoms with Crippen molar-refractivity contribution in [2.45, 2.75) is 6.92 Å². The molecule has 2 aromatic rings. The molecule has 8 nitrogen and oxygen atoms in total. The molecule has 0 aliphatic carbocycles. The van der Waals surface area contributed by atoms with Crippen molar-refractivity contribution in [2.75, 3.05) is 67.6 Å². The maximum atomic E-state index is 12.5. The van der Waals surface area contributed by atoms with Crippen LogP contribution in [0, 0.1) is 6.92 Å². The van der Waals surface area contributed by atoms with Crippen LogP contribution in [0.1, 0.15) is 5.69 Å².